The van der Waals surface area contributed by atoms with Crippen LogP contribution in [0.4, 0.5) is 0 Å². The molecular formula is C18H18BrN3O3S. The largest absolute Gasteiger partial charge is 0.340 e. The Labute approximate surface area is 161 Å². The molecule has 3 rings (SSSR count). The van der Waals surface area contributed by atoms with Crippen molar-refractivity contribution in [2.24, 2.45) is 4.99 Å². The summed E-state index contributed by atoms with van der Waals surface area (Å²) in [5, 5.41) is 0. The molecule has 136 valence electrons. The molecule has 8 heteroatoms. The quantitative estimate of drug-likeness (QED) is 0.800. The molecular weight excluding hydrogens is 418 g/mol. The normalized spacial score (nSPS) is 17.4. The minimum Gasteiger partial charge on any atom is -0.340 e. The van der Waals surface area contributed by atoms with Gasteiger partial charge in [0.1, 0.15) is 11.9 Å². The molecule has 0 bridgehead atoms. The summed E-state index contributed by atoms with van der Waals surface area (Å²) < 4.78 is 27.6. The lowest BCUT2D eigenvalue weighted by atomic mass is 10.2. The van der Waals surface area contributed by atoms with Crippen LogP contribution in [-0.4, -0.2) is 38.2 Å². The lowest BCUT2D eigenvalue weighted by molar-refractivity contribution is -0.131. The molecule has 26 heavy (non-hydrogen) atoms. The van der Waals surface area contributed by atoms with Gasteiger partial charge in [-0.25, -0.2) is 8.42 Å². The van der Waals surface area contributed by atoms with Gasteiger partial charge in [0.05, 0.1) is 4.90 Å². The number of nitrogens with zero attached hydrogens (tertiary/aromatic N) is 2. The molecule has 2 aromatic carbocycles. The fourth-order valence-electron chi connectivity index (χ4n) is 2.74. The molecule has 0 aliphatic carbocycles. The van der Waals surface area contributed by atoms with E-state index in [1.165, 1.54) is 6.07 Å². The Balaban J connectivity index is 1.77. The van der Waals surface area contributed by atoms with E-state index < -0.39 is 16.1 Å². The Morgan fingerprint density at radius 2 is 1.85 bits per heavy atom. The number of carbonyl (C=O) groups excluding carboxylic acids is 1. The highest BCUT2D eigenvalue weighted by molar-refractivity contribution is 9.10. The number of carbonyl (C=O) groups is 1. The van der Waals surface area contributed by atoms with E-state index in [4.69, 9.17) is 0 Å². The van der Waals surface area contributed by atoms with Gasteiger partial charge in [0.2, 0.25) is 5.91 Å². The van der Waals surface area contributed by atoms with Gasteiger partial charge in [0.15, 0.2) is 0 Å². The molecule has 0 radical (unpaired) electrons. The zero-order valence-corrected chi connectivity index (χ0v) is 16.7. The Hall–Kier alpha value is -2.19. The molecule has 0 saturated heterocycles. The molecule has 0 spiro atoms. The predicted molar refractivity (Wildman–Crippen MR) is 103 cm³/mol. The van der Waals surface area contributed by atoms with Crippen LogP contribution in [0.25, 0.3) is 0 Å². The molecule has 0 saturated carbocycles. The summed E-state index contributed by atoms with van der Waals surface area (Å²) in [6.07, 6.45) is 0. The average molecular weight is 436 g/mol. The predicted octanol–water partition coefficient (Wildman–Crippen LogP) is 2.53. The lowest BCUT2D eigenvalue weighted by Crippen LogP contribution is -2.35. The maximum atomic E-state index is 12.6. The van der Waals surface area contributed by atoms with Crippen LogP contribution in [0, 0.1) is 0 Å². The number of benzene rings is 2. The summed E-state index contributed by atoms with van der Waals surface area (Å²) in [5.41, 5.74) is 1.48. The molecule has 2 aromatic rings. The Morgan fingerprint density at radius 1 is 1.19 bits per heavy atom. The van der Waals surface area contributed by atoms with Crippen molar-refractivity contribution in [2.45, 2.75) is 24.4 Å². The van der Waals surface area contributed by atoms with Crippen LogP contribution in [0.15, 0.2) is 62.9 Å². The molecule has 1 atom stereocenters. The van der Waals surface area contributed by atoms with Gasteiger partial charge in [-0.15, -0.1) is 0 Å². The number of halogens is 1. The van der Waals surface area contributed by atoms with E-state index >= 15 is 0 Å². The first kappa shape index (κ1) is 18.6. The van der Waals surface area contributed by atoms with Gasteiger partial charge in [-0.3, -0.25) is 14.5 Å². The number of rotatable bonds is 4. The van der Waals surface area contributed by atoms with Crippen molar-refractivity contribution in [2.75, 3.05) is 7.05 Å². The van der Waals surface area contributed by atoms with Crippen LogP contribution >= 0.6 is 15.9 Å². The summed E-state index contributed by atoms with van der Waals surface area (Å²) in [6, 6.07) is 13.6. The zero-order chi connectivity index (χ0) is 18.9. The van der Waals surface area contributed by atoms with Crippen LogP contribution in [0.2, 0.25) is 0 Å². The highest BCUT2D eigenvalue weighted by Gasteiger charge is 2.31. The van der Waals surface area contributed by atoms with E-state index in [0.717, 1.165) is 10.0 Å². The molecule has 1 heterocycles. The van der Waals surface area contributed by atoms with Crippen LogP contribution in [0.3, 0.4) is 0 Å². The highest BCUT2D eigenvalue weighted by atomic mass is 79.9. The topological polar surface area (TPSA) is 78.8 Å². The van der Waals surface area contributed by atoms with Crippen molar-refractivity contribution in [3.05, 3.63) is 64.1 Å². The van der Waals surface area contributed by atoms with Gasteiger partial charge in [0.25, 0.3) is 10.0 Å². The van der Waals surface area contributed by atoms with Crippen LogP contribution in [-0.2, 0) is 21.4 Å². The first-order chi connectivity index (χ1) is 12.3. The lowest BCUT2D eigenvalue weighted by Gasteiger charge is -2.20. The van der Waals surface area contributed by atoms with Crippen LogP contribution in [0.5, 0.6) is 0 Å². The summed E-state index contributed by atoms with van der Waals surface area (Å²) in [7, 11) is -1.91. The molecule has 1 N–H and O–H groups in total. The van der Waals surface area contributed by atoms with Crippen LogP contribution < -0.4 is 4.72 Å². The van der Waals surface area contributed by atoms with Crippen molar-refractivity contribution < 1.29 is 13.2 Å². The minimum atomic E-state index is -3.61. The number of sulfonamides is 1. The van der Waals surface area contributed by atoms with Crippen molar-refractivity contribution in [1.82, 2.24) is 9.62 Å². The number of nitrogens with one attached hydrogen (secondary N) is 1. The maximum Gasteiger partial charge on any atom is 0.263 e. The Morgan fingerprint density at radius 3 is 2.54 bits per heavy atom. The summed E-state index contributed by atoms with van der Waals surface area (Å²) in [4.78, 5) is 18.7. The van der Waals surface area contributed by atoms with Crippen molar-refractivity contribution in [3.8, 4) is 0 Å². The number of hydrogen-bond acceptors (Lipinski definition) is 4. The molecule has 0 fully saturated rings. The fourth-order valence-corrected chi connectivity index (χ4v) is 4.24. The summed E-state index contributed by atoms with van der Waals surface area (Å²) in [6.45, 7) is 2.10. The van der Waals surface area contributed by atoms with Gasteiger partial charge in [-0.2, -0.15) is 0 Å². The molecule has 1 unspecified atom stereocenters. The second-order valence-corrected chi connectivity index (χ2v) is 8.64. The van der Waals surface area contributed by atoms with E-state index in [1.54, 1.807) is 37.1 Å². The van der Waals surface area contributed by atoms with E-state index in [2.05, 4.69) is 25.6 Å². The van der Waals surface area contributed by atoms with Crippen molar-refractivity contribution in [1.29, 1.82) is 0 Å². The number of hydrogen-bond donors (Lipinski definition) is 1. The molecule has 1 amide bonds. The van der Waals surface area contributed by atoms with E-state index in [0.29, 0.717) is 12.1 Å². The number of fused-ring (bicyclic) bond motifs is 1. The number of amides is 1. The number of amidine groups is 1. The Bertz CT molecular complexity index is 971. The Kier molecular flexibility index (Phi) is 5.15. The second-order valence-electron chi connectivity index (χ2n) is 6.08. The van der Waals surface area contributed by atoms with Gasteiger partial charge in [-0.05, 0) is 36.8 Å². The number of aliphatic imine (C=N–C) groups is 1. The standard InChI is InChI=1S/C18H18BrN3O3S/c1-12(18(23)22(2)11-13-7-9-14(19)10-8-13)20-17-15-5-3-4-6-16(15)26(24,25)21-17/h3-10,12H,11H2,1-2H3,(H,20,21). The van der Waals surface area contributed by atoms with E-state index in [1.807, 2.05) is 24.3 Å². The van der Waals surface area contributed by atoms with Gasteiger partial charge < -0.3 is 4.90 Å². The minimum absolute atomic E-state index is 0.182. The third-order valence-electron chi connectivity index (χ3n) is 4.05. The number of likely N-dealkylation sites (N-methyl/N-ethyl adjacent to an activating group) is 1. The molecule has 6 nitrogen and oxygen atoms in total. The maximum absolute atomic E-state index is 12.6. The second kappa shape index (κ2) is 7.20. The average Bonchev–Trinajstić information content (AvgIpc) is 2.87. The van der Waals surface area contributed by atoms with E-state index in [9.17, 15) is 13.2 Å². The fraction of sp³-hybridized carbons (Fsp3) is 0.222. The first-order valence-corrected chi connectivity index (χ1v) is 10.2. The first-order valence-electron chi connectivity index (χ1n) is 7.97. The van der Waals surface area contributed by atoms with Gasteiger partial charge in [-0.1, -0.05) is 40.2 Å². The molecule has 1 aliphatic rings. The van der Waals surface area contributed by atoms with Gasteiger partial charge in [0, 0.05) is 23.6 Å². The zero-order valence-electron chi connectivity index (χ0n) is 14.3. The highest BCUT2D eigenvalue weighted by Crippen LogP contribution is 2.22. The van der Waals surface area contributed by atoms with Gasteiger partial charge >= 0.3 is 0 Å². The van der Waals surface area contributed by atoms with Crippen molar-refractivity contribution >= 4 is 37.7 Å². The SMILES string of the molecule is CC(N=C1NS(=O)(=O)c2ccccc21)C(=O)N(C)Cc1ccc(Br)cc1. The van der Waals surface area contributed by atoms with Crippen molar-refractivity contribution in [3.63, 3.8) is 0 Å². The summed E-state index contributed by atoms with van der Waals surface area (Å²) >= 11 is 3.38. The monoisotopic (exact) mass is 435 g/mol. The molecule has 0 aromatic heterocycles. The summed E-state index contributed by atoms with van der Waals surface area (Å²) in [5.74, 6) is 0.0162. The molecule has 1 aliphatic heterocycles. The third kappa shape index (κ3) is 3.81. The van der Waals surface area contributed by atoms with E-state index in [-0.39, 0.29) is 16.6 Å². The third-order valence-corrected chi connectivity index (χ3v) is 5.98. The van der Waals surface area contributed by atoms with Crippen LogP contribution in [0.1, 0.15) is 18.1 Å². The smallest absolute Gasteiger partial charge is 0.263 e.